The van der Waals surface area contributed by atoms with Crippen LogP contribution in [0.4, 0.5) is 13.2 Å². The first kappa shape index (κ1) is 20.0. The van der Waals surface area contributed by atoms with Crippen molar-refractivity contribution in [1.29, 1.82) is 0 Å². The molecular weight excluding hydrogens is 387 g/mol. The van der Waals surface area contributed by atoms with Crippen molar-refractivity contribution in [3.8, 4) is 0 Å². The summed E-state index contributed by atoms with van der Waals surface area (Å²) in [6, 6.07) is 0. The highest BCUT2D eigenvalue weighted by Gasteiger charge is 2.45. The summed E-state index contributed by atoms with van der Waals surface area (Å²) in [5, 5.41) is 2.85. The first-order chi connectivity index (χ1) is 11.4. The van der Waals surface area contributed by atoms with Gasteiger partial charge in [0.2, 0.25) is 5.91 Å². The smallest absolute Gasteiger partial charge is 0.379 e. The predicted molar refractivity (Wildman–Crippen MR) is 90.0 cm³/mol. The van der Waals surface area contributed by atoms with Crippen LogP contribution in [0, 0.1) is 17.8 Å². The van der Waals surface area contributed by atoms with Gasteiger partial charge in [-0.25, -0.2) is 0 Å². The molecule has 0 radical (unpaired) electrons. The van der Waals surface area contributed by atoms with Gasteiger partial charge in [-0.15, -0.1) is 0 Å². The average Bonchev–Trinajstić information content (AvgIpc) is 2.54. The van der Waals surface area contributed by atoms with Crippen LogP contribution in [0.3, 0.4) is 0 Å². The molecule has 4 atom stereocenters. The third kappa shape index (κ3) is 6.21. The van der Waals surface area contributed by atoms with E-state index in [9.17, 15) is 18.0 Å². The Kier molecular flexibility index (Phi) is 7.85. The van der Waals surface area contributed by atoms with Crippen molar-refractivity contribution in [2.24, 2.45) is 17.8 Å². The molecule has 0 aliphatic heterocycles. The highest BCUT2D eigenvalue weighted by atomic mass is 79.9. The zero-order valence-electron chi connectivity index (χ0n) is 13.9. The first-order valence-electron chi connectivity index (χ1n) is 8.94. The van der Waals surface area contributed by atoms with E-state index in [0.29, 0.717) is 24.2 Å². The molecule has 0 heterocycles. The highest BCUT2D eigenvalue weighted by Crippen LogP contribution is 2.41. The van der Waals surface area contributed by atoms with Crippen molar-refractivity contribution < 1.29 is 22.7 Å². The molecule has 0 aromatic rings. The molecule has 1 amide bonds. The fourth-order valence-electron chi connectivity index (χ4n) is 3.83. The quantitative estimate of drug-likeness (QED) is 0.516. The van der Waals surface area contributed by atoms with E-state index in [0.717, 1.165) is 32.1 Å². The molecule has 2 saturated carbocycles. The Hall–Kier alpha value is -0.300. The Morgan fingerprint density at radius 2 is 1.88 bits per heavy atom. The summed E-state index contributed by atoms with van der Waals surface area (Å²) in [6.45, 7) is 0.774. The zero-order chi connectivity index (χ0) is 17.6. The molecule has 1 N–H and O–H groups in total. The minimum atomic E-state index is -4.13. The van der Waals surface area contributed by atoms with E-state index in [1.54, 1.807) is 0 Å². The summed E-state index contributed by atoms with van der Waals surface area (Å²) in [7, 11) is 0. The molecule has 140 valence electrons. The van der Waals surface area contributed by atoms with Crippen molar-refractivity contribution in [3.05, 3.63) is 0 Å². The number of amides is 1. The molecule has 2 fully saturated rings. The number of hydrogen-bond acceptors (Lipinski definition) is 2. The molecule has 0 spiro atoms. The molecule has 2 aliphatic rings. The lowest BCUT2D eigenvalue weighted by molar-refractivity contribution is -0.201. The highest BCUT2D eigenvalue weighted by molar-refractivity contribution is 9.09. The second kappa shape index (κ2) is 9.41. The van der Waals surface area contributed by atoms with Crippen molar-refractivity contribution in [2.75, 3.05) is 19.8 Å². The van der Waals surface area contributed by atoms with E-state index in [-0.39, 0.29) is 31.5 Å². The van der Waals surface area contributed by atoms with Crippen LogP contribution in [0.15, 0.2) is 0 Å². The normalized spacial score (nSPS) is 31.7. The van der Waals surface area contributed by atoms with E-state index in [1.165, 1.54) is 0 Å². The van der Waals surface area contributed by atoms with E-state index in [4.69, 9.17) is 4.74 Å². The Labute approximate surface area is 150 Å². The fraction of sp³-hybridized carbons (Fsp3) is 0.941. The summed E-state index contributed by atoms with van der Waals surface area (Å²) in [5.41, 5.74) is 0. The summed E-state index contributed by atoms with van der Waals surface area (Å²) < 4.78 is 44.4. The van der Waals surface area contributed by atoms with Crippen molar-refractivity contribution in [2.45, 2.75) is 62.4 Å². The maximum Gasteiger partial charge on any atom is 0.392 e. The van der Waals surface area contributed by atoms with Gasteiger partial charge in [-0.2, -0.15) is 13.2 Å². The number of rotatable bonds is 6. The molecule has 7 heteroatoms. The Morgan fingerprint density at radius 1 is 1.12 bits per heavy atom. The SMILES string of the molecule is O=C(NCCOCC1CCCCC1C(F)(F)F)C1CCCC(Br)C1. The van der Waals surface area contributed by atoms with Gasteiger partial charge in [-0.1, -0.05) is 35.2 Å². The van der Waals surface area contributed by atoms with E-state index >= 15 is 0 Å². The third-order valence-electron chi connectivity index (χ3n) is 5.19. The van der Waals surface area contributed by atoms with Crippen molar-refractivity contribution >= 4 is 21.8 Å². The average molecular weight is 414 g/mol. The van der Waals surface area contributed by atoms with Crippen molar-refractivity contribution in [1.82, 2.24) is 5.32 Å². The summed E-state index contributed by atoms with van der Waals surface area (Å²) in [6.07, 6.45) is 2.05. The van der Waals surface area contributed by atoms with Gasteiger partial charge in [0, 0.05) is 17.3 Å². The molecule has 0 aromatic carbocycles. The largest absolute Gasteiger partial charge is 0.392 e. The standard InChI is InChI=1S/C17H27BrF3NO2/c18-14-6-3-5-12(10-14)16(23)22-8-9-24-11-13-4-1-2-7-15(13)17(19,20)21/h12-15H,1-11H2,(H,22,23). The van der Waals surface area contributed by atoms with E-state index in [2.05, 4.69) is 21.2 Å². The predicted octanol–water partition coefficient (Wildman–Crippen LogP) is 4.44. The lowest BCUT2D eigenvalue weighted by atomic mass is 9.79. The minimum Gasteiger partial charge on any atom is -0.379 e. The molecule has 0 bridgehead atoms. The van der Waals surface area contributed by atoms with Crippen LogP contribution < -0.4 is 5.32 Å². The van der Waals surface area contributed by atoms with Gasteiger partial charge in [-0.3, -0.25) is 4.79 Å². The Morgan fingerprint density at radius 3 is 2.58 bits per heavy atom. The van der Waals surface area contributed by atoms with Crippen LogP contribution in [-0.4, -0.2) is 36.7 Å². The summed E-state index contributed by atoms with van der Waals surface area (Å²) >= 11 is 3.56. The van der Waals surface area contributed by atoms with Gasteiger partial charge in [0.05, 0.1) is 19.1 Å². The zero-order valence-corrected chi connectivity index (χ0v) is 15.5. The topological polar surface area (TPSA) is 38.3 Å². The molecule has 24 heavy (non-hydrogen) atoms. The molecule has 0 saturated heterocycles. The molecule has 2 rings (SSSR count). The van der Waals surface area contributed by atoms with Crippen LogP contribution in [0.2, 0.25) is 0 Å². The Bertz CT molecular complexity index is 406. The summed E-state index contributed by atoms with van der Waals surface area (Å²) in [5.74, 6) is -1.61. The maximum absolute atomic E-state index is 13.0. The van der Waals surface area contributed by atoms with Gasteiger partial charge >= 0.3 is 6.18 Å². The lowest BCUT2D eigenvalue weighted by Gasteiger charge is -2.32. The van der Waals surface area contributed by atoms with Gasteiger partial charge in [0.25, 0.3) is 0 Å². The van der Waals surface area contributed by atoms with Gasteiger partial charge in [0.15, 0.2) is 0 Å². The third-order valence-corrected chi connectivity index (χ3v) is 6.02. The number of ether oxygens (including phenoxy) is 1. The van der Waals surface area contributed by atoms with Gasteiger partial charge in [-0.05, 0) is 38.0 Å². The maximum atomic E-state index is 13.0. The molecule has 2 aliphatic carbocycles. The van der Waals surface area contributed by atoms with E-state index in [1.807, 2.05) is 0 Å². The molecular formula is C17H27BrF3NO2. The second-order valence-corrected chi connectivity index (χ2v) is 8.31. The molecule has 4 unspecified atom stereocenters. The van der Waals surface area contributed by atoms with E-state index < -0.39 is 18.0 Å². The van der Waals surface area contributed by atoms with Crippen molar-refractivity contribution in [3.63, 3.8) is 0 Å². The van der Waals surface area contributed by atoms with Gasteiger partial charge < -0.3 is 10.1 Å². The summed E-state index contributed by atoms with van der Waals surface area (Å²) in [4.78, 5) is 12.5. The number of nitrogens with one attached hydrogen (secondary N) is 1. The van der Waals surface area contributed by atoms with Crippen LogP contribution in [0.1, 0.15) is 51.4 Å². The second-order valence-electron chi connectivity index (χ2n) is 7.02. The monoisotopic (exact) mass is 413 g/mol. The number of halogens is 4. The number of alkyl halides is 4. The first-order valence-corrected chi connectivity index (χ1v) is 9.85. The molecule has 0 aromatic heterocycles. The number of carbonyl (C=O) groups excluding carboxylic acids is 1. The van der Waals surface area contributed by atoms with Crippen LogP contribution >= 0.6 is 15.9 Å². The van der Waals surface area contributed by atoms with Crippen LogP contribution in [-0.2, 0) is 9.53 Å². The number of hydrogen-bond donors (Lipinski definition) is 1. The minimum absolute atomic E-state index is 0.0357. The molecule has 3 nitrogen and oxygen atoms in total. The Balaban J connectivity index is 1.62. The van der Waals surface area contributed by atoms with Gasteiger partial charge in [0.1, 0.15) is 0 Å². The fourth-order valence-corrected chi connectivity index (χ4v) is 4.61. The lowest BCUT2D eigenvalue weighted by Crippen LogP contribution is -2.37. The van der Waals surface area contributed by atoms with Crippen LogP contribution in [0.5, 0.6) is 0 Å². The van der Waals surface area contributed by atoms with Crippen LogP contribution in [0.25, 0.3) is 0 Å². The number of carbonyl (C=O) groups is 1.